The fourth-order valence-corrected chi connectivity index (χ4v) is 2.75. The second-order valence-corrected chi connectivity index (χ2v) is 5.12. The summed E-state index contributed by atoms with van der Waals surface area (Å²) in [6, 6.07) is 0. The minimum Gasteiger partial charge on any atom is -0.381 e. The van der Waals surface area contributed by atoms with E-state index in [1.165, 1.54) is 0 Å². The van der Waals surface area contributed by atoms with Crippen molar-refractivity contribution in [3.63, 3.8) is 0 Å². The van der Waals surface area contributed by atoms with Gasteiger partial charge >= 0.3 is 0 Å². The molecule has 2 heterocycles. The first-order valence-electron chi connectivity index (χ1n) is 6.46. The molecule has 98 valence electrons. The van der Waals surface area contributed by atoms with Gasteiger partial charge in [0.2, 0.25) is 5.91 Å². The molecule has 0 saturated carbocycles. The van der Waals surface area contributed by atoms with E-state index in [2.05, 4.69) is 4.90 Å². The second-order valence-electron chi connectivity index (χ2n) is 4.74. The Bertz CT molecular complexity index is 249. The van der Waals surface area contributed by atoms with Crippen LogP contribution >= 0.6 is 11.6 Å². The Labute approximate surface area is 108 Å². The van der Waals surface area contributed by atoms with Crippen molar-refractivity contribution in [3.05, 3.63) is 0 Å². The number of rotatable bonds is 3. The monoisotopic (exact) mass is 260 g/mol. The lowest BCUT2D eigenvalue weighted by atomic mass is 9.98. The van der Waals surface area contributed by atoms with Crippen LogP contribution in [-0.2, 0) is 9.53 Å². The number of ether oxygens (including phenoxy) is 1. The van der Waals surface area contributed by atoms with E-state index in [4.69, 9.17) is 16.3 Å². The summed E-state index contributed by atoms with van der Waals surface area (Å²) in [5.74, 6) is 1.20. The third-order valence-corrected chi connectivity index (χ3v) is 3.82. The van der Waals surface area contributed by atoms with Crippen LogP contribution in [0, 0.1) is 5.92 Å². The Morgan fingerprint density at radius 3 is 2.41 bits per heavy atom. The van der Waals surface area contributed by atoms with E-state index in [0.29, 0.717) is 11.8 Å². The average Bonchev–Trinajstić information content (AvgIpc) is 2.40. The SMILES string of the molecule is O=C(C1CCOCC1)N1CCN(CCCl)CC1. The molecule has 2 fully saturated rings. The first kappa shape index (κ1) is 13.1. The Kier molecular flexibility index (Phi) is 5.07. The highest BCUT2D eigenvalue weighted by atomic mass is 35.5. The van der Waals surface area contributed by atoms with Crippen molar-refractivity contribution < 1.29 is 9.53 Å². The van der Waals surface area contributed by atoms with E-state index in [1.54, 1.807) is 0 Å². The van der Waals surface area contributed by atoms with Crippen LogP contribution in [0.3, 0.4) is 0 Å². The number of carbonyl (C=O) groups excluding carboxylic acids is 1. The van der Waals surface area contributed by atoms with Crippen molar-refractivity contribution in [2.75, 3.05) is 51.8 Å². The van der Waals surface area contributed by atoms with Crippen molar-refractivity contribution in [1.29, 1.82) is 0 Å². The summed E-state index contributed by atoms with van der Waals surface area (Å²) in [4.78, 5) is 16.6. The molecule has 2 aliphatic heterocycles. The number of piperazine rings is 1. The molecule has 0 radical (unpaired) electrons. The van der Waals surface area contributed by atoms with Gasteiger partial charge in [0, 0.05) is 57.7 Å². The smallest absolute Gasteiger partial charge is 0.225 e. The summed E-state index contributed by atoms with van der Waals surface area (Å²) < 4.78 is 5.29. The lowest BCUT2D eigenvalue weighted by Crippen LogP contribution is -2.51. The molecule has 0 N–H and O–H groups in total. The molecule has 2 aliphatic rings. The molecule has 0 atom stereocenters. The molecule has 0 aromatic carbocycles. The van der Waals surface area contributed by atoms with E-state index in [9.17, 15) is 4.79 Å². The van der Waals surface area contributed by atoms with Gasteiger partial charge in [-0.25, -0.2) is 0 Å². The predicted octanol–water partition coefficient (Wildman–Crippen LogP) is 0.796. The third kappa shape index (κ3) is 3.57. The molecular weight excluding hydrogens is 240 g/mol. The predicted molar refractivity (Wildman–Crippen MR) is 67.3 cm³/mol. The molecular formula is C12H21ClN2O2. The van der Waals surface area contributed by atoms with Gasteiger partial charge < -0.3 is 9.64 Å². The van der Waals surface area contributed by atoms with Crippen LogP contribution in [0.4, 0.5) is 0 Å². The Hall–Kier alpha value is -0.320. The minimum atomic E-state index is 0.198. The van der Waals surface area contributed by atoms with Crippen molar-refractivity contribution in [3.8, 4) is 0 Å². The summed E-state index contributed by atoms with van der Waals surface area (Å²) in [6.45, 7) is 6.04. The van der Waals surface area contributed by atoms with Gasteiger partial charge in [-0.1, -0.05) is 0 Å². The van der Waals surface area contributed by atoms with Crippen molar-refractivity contribution in [1.82, 2.24) is 9.80 Å². The van der Waals surface area contributed by atoms with E-state index in [0.717, 1.165) is 58.8 Å². The number of hydrogen-bond donors (Lipinski definition) is 0. The molecule has 0 aromatic heterocycles. The molecule has 0 aromatic rings. The first-order valence-corrected chi connectivity index (χ1v) is 6.99. The maximum Gasteiger partial charge on any atom is 0.225 e. The summed E-state index contributed by atoms with van der Waals surface area (Å²) in [5, 5.41) is 0. The molecule has 4 nitrogen and oxygen atoms in total. The largest absolute Gasteiger partial charge is 0.381 e. The van der Waals surface area contributed by atoms with E-state index in [1.807, 2.05) is 4.90 Å². The van der Waals surface area contributed by atoms with Crippen molar-refractivity contribution in [2.24, 2.45) is 5.92 Å². The molecule has 17 heavy (non-hydrogen) atoms. The van der Waals surface area contributed by atoms with Crippen molar-refractivity contribution in [2.45, 2.75) is 12.8 Å². The Balaban J connectivity index is 1.77. The fourth-order valence-electron chi connectivity index (χ4n) is 2.51. The maximum absolute atomic E-state index is 12.2. The normalized spacial score (nSPS) is 23.9. The first-order chi connectivity index (χ1) is 8.31. The van der Waals surface area contributed by atoms with Gasteiger partial charge in [0.25, 0.3) is 0 Å². The number of alkyl halides is 1. The lowest BCUT2D eigenvalue weighted by Gasteiger charge is -2.36. The summed E-state index contributed by atoms with van der Waals surface area (Å²) in [7, 11) is 0. The van der Waals surface area contributed by atoms with Crippen LogP contribution in [0.5, 0.6) is 0 Å². The zero-order chi connectivity index (χ0) is 12.1. The van der Waals surface area contributed by atoms with E-state index < -0.39 is 0 Å². The molecule has 2 saturated heterocycles. The van der Waals surface area contributed by atoms with Gasteiger partial charge in [-0.3, -0.25) is 9.69 Å². The van der Waals surface area contributed by atoms with Crippen LogP contribution in [0.15, 0.2) is 0 Å². The molecule has 2 rings (SSSR count). The second kappa shape index (κ2) is 6.57. The highest BCUT2D eigenvalue weighted by Crippen LogP contribution is 2.18. The number of halogens is 1. The van der Waals surface area contributed by atoms with Crippen LogP contribution in [0.2, 0.25) is 0 Å². The van der Waals surface area contributed by atoms with Gasteiger partial charge in [0.1, 0.15) is 0 Å². The van der Waals surface area contributed by atoms with Gasteiger partial charge in [-0.15, -0.1) is 11.6 Å². The number of hydrogen-bond acceptors (Lipinski definition) is 3. The summed E-state index contributed by atoms with van der Waals surface area (Å²) in [5.41, 5.74) is 0. The maximum atomic E-state index is 12.2. The molecule has 1 amide bonds. The molecule has 0 aliphatic carbocycles. The summed E-state index contributed by atoms with van der Waals surface area (Å²) >= 11 is 5.72. The molecule has 0 spiro atoms. The van der Waals surface area contributed by atoms with E-state index >= 15 is 0 Å². The zero-order valence-corrected chi connectivity index (χ0v) is 11.0. The number of carbonyl (C=O) groups is 1. The zero-order valence-electron chi connectivity index (χ0n) is 10.2. The van der Waals surface area contributed by atoms with Crippen LogP contribution in [0.1, 0.15) is 12.8 Å². The van der Waals surface area contributed by atoms with Gasteiger partial charge in [0.15, 0.2) is 0 Å². The Morgan fingerprint density at radius 1 is 1.18 bits per heavy atom. The lowest BCUT2D eigenvalue weighted by molar-refractivity contribution is -0.140. The molecule has 0 bridgehead atoms. The standard InChI is InChI=1S/C12H21ClN2O2/c13-3-4-14-5-7-15(8-6-14)12(16)11-1-9-17-10-2-11/h11H,1-10H2. The Morgan fingerprint density at radius 2 is 1.82 bits per heavy atom. The van der Waals surface area contributed by atoms with Crippen LogP contribution in [0.25, 0.3) is 0 Å². The number of nitrogens with zero attached hydrogens (tertiary/aromatic N) is 2. The quantitative estimate of drug-likeness (QED) is 0.704. The highest BCUT2D eigenvalue weighted by molar-refractivity contribution is 6.18. The van der Waals surface area contributed by atoms with Crippen LogP contribution in [-0.4, -0.2) is 67.5 Å². The number of amides is 1. The fraction of sp³-hybridized carbons (Fsp3) is 0.917. The topological polar surface area (TPSA) is 32.8 Å². The van der Waals surface area contributed by atoms with E-state index in [-0.39, 0.29) is 5.92 Å². The van der Waals surface area contributed by atoms with Gasteiger partial charge in [-0.2, -0.15) is 0 Å². The molecule has 0 unspecified atom stereocenters. The summed E-state index contributed by atoms with van der Waals surface area (Å²) in [6.07, 6.45) is 1.78. The minimum absolute atomic E-state index is 0.198. The highest BCUT2D eigenvalue weighted by Gasteiger charge is 2.28. The molecule has 5 heteroatoms. The average molecular weight is 261 g/mol. The third-order valence-electron chi connectivity index (χ3n) is 3.66. The van der Waals surface area contributed by atoms with Crippen LogP contribution < -0.4 is 0 Å². The van der Waals surface area contributed by atoms with Gasteiger partial charge in [0.05, 0.1) is 0 Å². The van der Waals surface area contributed by atoms with Crippen molar-refractivity contribution >= 4 is 17.5 Å². The van der Waals surface area contributed by atoms with Gasteiger partial charge in [-0.05, 0) is 12.8 Å².